The number of carbonyl (C=O) groups excluding carboxylic acids is 1. The van der Waals surface area contributed by atoms with Crippen LogP contribution in [0.3, 0.4) is 0 Å². The van der Waals surface area contributed by atoms with Crippen molar-refractivity contribution >= 4 is 5.91 Å². The fraction of sp³-hybridized carbons (Fsp3) is 0.875. The van der Waals surface area contributed by atoms with Crippen LogP contribution >= 0.6 is 0 Å². The minimum atomic E-state index is -1.77. The van der Waals surface area contributed by atoms with Gasteiger partial charge in [0.15, 0.2) is 5.66 Å². The van der Waals surface area contributed by atoms with Crippen molar-refractivity contribution in [1.82, 2.24) is 10.6 Å². The number of amides is 1. The van der Waals surface area contributed by atoms with Gasteiger partial charge in [0.05, 0.1) is 12.7 Å². The molecule has 2 aliphatic rings. The van der Waals surface area contributed by atoms with Crippen molar-refractivity contribution in [3.05, 3.63) is 0 Å². The second kappa shape index (κ2) is 3.13. The van der Waals surface area contributed by atoms with E-state index in [1.165, 1.54) is 6.92 Å². The maximum Gasteiger partial charge on any atom is 0.268 e. The van der Waals surface area contributed by atoms with Gasteiger partial charge >= 0.3 is 0 Å². The summed E-state index contributed by atoms with van der Waals surface area (Å²) in [7, 11) is 0. The van der Waals surface area contributed by atoms with Crippen molar-refractivity contribution in [3.63, 3.8) is 0 Å². The van der Waals surface area contributed by atoms with Crippen LogP contribution < -0.4 is 10.6 Å². The van der Waals surface area contributed by atoms with E-state index in [4.69, 9.17) is 9.84 Å². The van der Waals surface area contributed by atoms with Crippen LogP contribution in [0.1, 0.15) is 13.3 Å². The molecular weight excluding hydrogens is 204 g/mol. The Morgan fingerprint density at radius 2 is 2.40 bits per heavy atom. The first-order valence-electron chi connectivity index (χ1n) is 4.71. The average molecular weight is 218 g/mol. The molecule has 0 aromatic rings. The first kappa shape index (κ1) is 10.8. The van der Waals surface area contributed by atoms with Crippen LogP contribution in [-0.4, -0.2) is 51.6 Å². The summed E-state index contributed by atoms with van der Waals surface area (Å²) in [4.78, 5) is 10.9. The van der Waals surface area contributed by atoms with Gasteiger partial charge in [0.25, 0.3) is 5.91 Å². The summed E-state index contributed by atoms with van der Waals surface area (Å²) in [5.74, 6) is -2.16. The van der Waals surface area contributed by atoms with Gasteiger partial charge in [-0.1, -0.05) is 0 Å². The van der Waals surface area contributed by atoms with Crippen LogP contribution in [0.5, 0.6) is 0 Å². The van der Waals surface area contributed by atoms with Crippen LogP contribution in [0.2, 0.25) is 0 Å². The van der Waals surface area contributed by atoms with Crippen LogP contribution in [0.15, 0.2) is 0 Å². The maximum absolute atomic E-state index is 10.9. The minimum Gasteiger partial charge on any atom is -0.394 e. The van der Waals surface area contributed by atoms with Crippen LogP contribution in [-0.2, 0) is 9.53 Å². The van der Waals surface area contributed by atoms with Gasteiger partial charge in [-0.15, -0.1) is 0 Å². The number of ether oxygens (including phenoxy) is 1. The van der Waals surface area contributed by atoms with E-state index in [0.29, 0.717) is 0 Å². The van der Waals surface area contributed by atoms with E-state index in [9.17, 15) is 15.0 Å². The van der Waals surface area contributed by atoms with Crippen LogP contribution in [0, 0.1) is 0 Å². The summed E-state index contributed by atoms with van der Waals surface area (Å²) in [6.07, 6.45) is -1.49. The van der Waals surface area contributed by atoms with Gasteiger partial charge in [-0.25, -0.2) is 5.32 Å². The van der Waals surface area contributed by atoms with Crippen molar-refractivity contribution in [3.8, 4) is 0 Å². The third kappa shape index (κ3) is 1.44. The van der Waals surface area contributed by atoms with Gasteiger partial charge in [0.1, 0.15) is 6.10 Å². The number of hydrogen-bond acceptors (Lipinski definition) is 6. The number of nitrogens with one attached hydrogen (secondary N) is 2. The molecule has 0 aromatic heterocycles. The summed E-state index contributed by atoms with van der Waals surface area (Å²) >= 11 is 0. The molecule has 0 spiro atoms. The summed E-state index contributed by atoms with van der Waals surface area (Å²) in [5.41, 5.74) is -1.33. The lowest BCUT2D eigenvalue weighted by Gasteiger charge is -2.33. The number of aliphatic hydroxyl groups is 3. The van der Waals surface area contributed by atoms with Gasteiger partial charge in [0, 0.05) is 13.3 Å². The molecule has 15 heavy (non-hydrogen) atoms. The Kier molecular flexibility index (Phi) is 2.25. The third-order valence-corrected chi connectivity index (χ3v) is 2.74. The van der Waals surface area contributed by atoms with Gasteiger partial charge in [-0.3, -0.25) is 4.79 Å². The van der Waals surface area contributed by atoms with Crippen molar-refractivity contribution in [2.75, 3.05) is 6.61 Å². The zero-order valence-electron chi connectivity index (χ0n) is 8.23. The summed E-state index contributed by atoms with van der Waals surface area (Å²) in [6.45, 7) is 0.983. The molecule has 2 fully saturated rings. The predicted octanol–water partition coefficient (Wildman–Crippen LogP) is -2.79. The number of aliphatic hydroxyl groups excluding tert-OH is 2. The predicted molar refractivity (Wildman–Crippen MR) is 47.2 cm³/mol. The normalized spacial score (nSPS) is 48.3. The molecule has 2 rings (SSSR count). The van der Waals surface area contributed by atoms with Crippen LogP contribution in [0.4, 0.5) is 0 Å². The molecule has 0 aliphatic carbocycles. The van der Waals surface area contributed by atoms with Gasteiger partial charge in [-0.2, -0.15) is 0 Å². The third-order valence-electron chi connectivity index (χ3n) is 2.74. The Morgan fingerprint density at radius 1 is 1.73 bits per heavy atom. The molecular formula is C8H14N2O5. The lowest BCUT2D eigenvalue weighted by atomic mass is 10.00. The Bertz CT molecular complexity index is 299. The zero-order chi connectivity index (χ0) is 11.3. The highest BCUT2D eigenvalue weighted by Crippen LogP contribution is 2.44. The van der Waals surface area contributed by atoms with Gasteiger partial charge < -0.3 is 25.4 Å². The highest BCUT2D eigenvalue weighted by Gasteiger charge is 2.76. The van der Waals surface area contributed by atoms with Crippen molar-refractivity contribution in [2.24, 2.45) is 0 Å². The highest BCUT2D eigenvalue weighted by molar-refractivity contribution is 5.74. The first-order chi connectivity index (χ1) is 6.93. The molecule has 0 radical (unpaired) electrons. The first-order valence-corrected chi connectivity index (χ1v) is 4.71. The lowest BCUT2D eigenvalue weighted by molar-refractivity contribution is -0.227. The fourth-order valence-electron chi connectivity index (χ4n) is 1.97. The molecule has 2 heterocycles. The van der Waals surface area contributed by atoms with Crippen LogP contribution in [0.25, 0.3) is 0 Å². The molecule has 0 aromatic carbocycles. The molecule has 0 bridgehead atoms. The Hall–Kier alpha value is -0.730. The quantitative estimate of drug-likeness (QED) is 0.319. The number of carbonyl (C=O) groups is 1. The number of rotatable bonds is 2. The molecule has 0 saturated carbocycles. The summed E-state index contributed by atoms with van der Waals surface area (Å²) in [6, 6.07) is 0. The van der Waals surface area contributed by atoms with E-state index >= 15 is 0 Å². The maximum atomic E-state index is 10.9. The molecule has 2 aliphatic heterocycles. The molecule has 7 heteroatoms. The molecule has 5 N–H and O–H groups in total. The standard InChI is InChI=1S/C8H14N2O5/c1-4(12)9-7-6(13)2-5(3-11)15-8(7,14)10-7/h5-6,10-11,13-14H,2-3H2,1H3,(H,9,12)/t5-,6-,7-,8+/m0/s1. The van der Waals surface area contributed by atoms with E-state index < -0.39 is 23.8 Å². The number of hydrogen-bond donors (Lipinski definition) is 5. The molecule has 0 unspecified atom stereocenters. The van der Waals surface area contributed by atoms with E-state index in [1.54, 1.807) is 0 Å². The average Bonchev–Trinajstić information content (AvgIpc) is 2.71. The summed E-state index contributed by atoms with van der Waals surface area (Å²) in [5, 5.41) is 33.3. The second-order valence-corrected chi connectivity index (χ2v) is 3.93. The Balaban J connectivity index is 2.14. The second-order valence-electron chi connectivity index (χ2n) is 3.93. The minimum absolute atomic E-state index is 0.145. The topological polar surface area (TPSA) is 121 Å². The molecule has 4 atom stereocenters. The lowest BCUT2D eigenvalue weighted by Crippen LogP contribution is -2.58. The largest absolute Gasteiger partial charge is 0.394 e. The highest BCUT2D eigenvalue weighted by atomic mass is 16.7. The van der Waals surface area contributed by atoms with Gasteiger partial charge in [0.2, 0.25) is 5.91 Å². The molecule has 7 nitrogen and oxygen atoms in total. The molecule has 1 amide bonds. The van der Waals surface area contributed by atoms with E-state index in [2.05, 4.69) is 10.6 Å². The van der Waals surface area contributed by atoms with E-state index in [-0.39, 0.29) is 18.9 Å². The number of fused-ring (bicyclic) bond motifs is 1. The fourth-order valence-corrected chi connectivity index (χ4v) is 1.97. The van der Waals surface area contributed by atoms with E-state index in [0.717, 1.165) is 0 Å². The Morgan fingerprint density at radius 3 is 2.87 bits per heavy atom. The SMILES string of the molecule is CC(=O)N[C@@]12N[C@]1(O)O[C@H](CO)C[C@@H]2O. The monoisotopic (exact) mass is 218 g/mol. The molecule has 86 valence electrons. The van der Waals surface area contributed by atoms with Crippen molar-refractivity contribution in [2.45, 2.75) is 37.1 Å². The summed E-state index contributed by atoms with van der Waals surface area (Å²) < 4.78 is 5.09. The molecule has 2 saturated heterocycles. The van der Waals surface area contributed by atoms with Crippen molar-refractivity contribution < 1.29 is 24.9 Å². The zero-order valence-corrected chi connectivity index (χ0v) is 8.23. The Labute approximate surface area is 86.0 Å². The smallest absolute Gasteiger partial charge is 0.268 e. The van der Waals surface area contributed by atoms with Gasteiger partial charge in [-0.05, 0) is 0 Å². The van der Waals surface area contributed by atoms with Crippen molar-refractivity contribution in [1.29, 1.82) is 0 Å². The van der Waals surface area contributed by atoms with E-state index in [1.807, 2.05) is 0 Å².